The zero-order chi connectivity index (χ0) is 18.0. The van der Waals surface area contributed by atoms with E-state index in [1.165, 1.54) is 0 Å². The first-order valence-electron chi connectivity index (χ1n) is 8.90. The van der Waals surface area contributed by atoms with Crippen LogP contribution in [0.4, 0.5) is 0 Å². The van der Waals surface area contributed by atoms with Crippen LogP contribution in [0, 0.1) is 5.41 Å². The van der Waals surface area contributed by atoms with Crippen molar-refractivity contribution in [2.45, 2.75) is 24.3 Å². The van der Waals surface area contributed by atoms with Crippen molar-refractivity contribution in [2.24, 2.45) is 5.41 Å². The minimum atomic E-state index is -3.54. The molecule has 26 heavy (non-hydrogen) atoms. The van der Waals surface area contributed by atoms with Crippen molar-refractivity contribution in [1.29, 1.82) is 0 Å². The van der Waals surface area contributed by atoms with Gasteiger partial charge in [-0.3, -0.25) is 9.88 Å². The van der Waals surface area contributed by atoms with E-state index >= 15 is 0 Å². The van der Waals surface area contributed by atoms with Gasteiger partial charge in [-0.15, -0.1) is 0 Å². The first kappa shape index (κ1) is 17.5. The molecule has 2 aliphatic heterocycles. The average molecular weight is 373 g/mol. The van der Waals surface area contributed by atoms with E-state index in [2.05, 4.69) is 14.6 Å². The molecule has 2 aromatic rings. The number of hydrogen-bond acceptors (Lipinski definition) is 5. The molecule has 1 saturated heterocycles. The lowest BCUT2D eigenvalue weighted by molar-refractivity contribution is 0.0518. The van der Waals surface area contributed by atoms with Crippen LogP contribution in [0.15, 0.2) is 53.6 Å². The van der Waals surface area contributed by atoms with E-state index in [9.17, 15) is 8.42 Å². The summed E-state index contributed by atoms with van der Waals surface area (Å²) < 4.78 is 33.9. The smallest absolute Gasteiger partial charge is 0.244 e. The Bertz CT molecular complexity index is 863. The highest BCUT2D eigenvalue weighted by molar-refractivity contribution is 7.89. The molecule has 1 fully saturated rings. The SMILES string of the molecule is O=S1(=O)NCC2(CCN(Cc3ccccn3)CC2)COc2ccccc21. The lowest BCUT2D eigenvalue weighted by atomic mass is 9.79. The van der Waals surface area contributed by atoms with E-state index in [1.807, 2.05) is 24.4 Å². The van der Waals surface area contributed by atoms with Crippen molar-refractivity contribution in [1.82, 2.24) is 14.6 Å². The highest BCUT2D eigenvalue weighted by Crippen LogP contribution is 2.36. The molecule has 7 heteroatoms. The van der Waals surface area contributed by atoms with Crippen LogP contribution < -0.4 is 9.46 Å². The minimum Gasteiger partial charge on any atom is -0.492 e. The van der Waals surface area contributed by atoms with Gasteiger partial charge in [-0.2, -0.15) is 0 Å². The normalized spacial score (nSPS) is 22.0. The molecule has 1 aromatic carbocycles. The van der Waals surface area contributed by atoms with Gasteiger partial charge in [0.15, 0.2) is 0 Å². The van der Waals surface area contributed by atoms with Gasteiger partial charge >= 0.3 is 0 Å². The predicted octanol–water partition coefficient (Wildman–Crippen LogP) is 2.03. The number of pyridine rings is 1. The second-order valence-corrected chi connectivity index (χ2v) is 8.89. The molecule has 0 saturated carbocycles. The van der Waals surface area contributed by atoms with E-state index in [-0.39, 0.29) is 10.3 Å². The van der Waals surface area contributed by atoms with Crippen molar-refractivity contribution in [3.8, 4) is 5.75 Å². The topological polar surface area (TPSA) is 71.5 Å². The number of nitrogens with one attached hydrogen (secondary N) is 1. The molecule has 6 nitrogen and oxygen atoms in total. The van der Waals surface area contributed by atoms with Gasteiger partial charge in [0.25, 0.3) is 0 Å². The quantitative estimate of drug-likeness (QED) is 0.872. The Morgan fingerprint density at radius 3 is 2.65 bits per heavy atom. The third-order valence-electron chi connectivity index (χ3n) is 5.34. The second kappa shape index (κ2) is 6.98. The summed E-state index contributed by atoms with van der Waals surface area (Å²) in [4.78, 5) is 6.98. The monoisotopic (exact) mass is 373 g/mol. The highest BCUT2D eigenvalue weighted by Gasteiger charge is 2.38. The number of rotatable bonds is 2. The van der Waals surface area contributed by atoms with Crippen molar-refractivity contribution >= 4 is 10.0 Å². The van der Waals surface area contributed by atoms with E-state index in [0.717, 1.165) is 38.2 Å². The summed E-state index contributed by atoms with van der Waals surface area (Å²) in [5, 5.41) is 0. The number of fused-ring (bicyclic) bond motifs is 1. The Balaban J connectivity index is 1.46. The maximum absolute atomic E-state index is 12.6. The Morgan fingerprint density at radius 2 is 1.88 bits per heavy atom. The van der Waals surface area contributed by atoms with Gasteiger partial charge in [0.1, 0.15) is 10.6 Å². The molecule has 0 amide bonds. The Morgan fingerprint density at radius 1 is 1.12 bits per heavy atom. The highest BCUT2D eigenvalue weighted by atomic mass is 32.2. The van der Waals surface area contributed by atoms with Crippen LogP contribution in [0.1, 0.15) is 18.5 Å². The van der Waals surface area contributed by atoms with Crippen LogP contribution in [0.5, 0.6) is 5.75 Å². The molecular formula is C19H23N3O3S. The van der Waals surface area contributed by atoms with Crippen molar-refractivity contribution in [2.75, 3.05) is 26.2 Å². The lowest BCUT2D eigenvalue weighted by Gasteiger charge is -2.42. The molecule has 1 aromatic heterocycles. The number of para-hydroxylation sites is 1. The maximum Gasteiger partial charge on any atom is 0.244 e. The molecule has 0 aliphatic carbocycles. The molecule has 1 spiro atoms. The van der Waals surface area contributed by atoms with Crippen molar-refractivity contribution in [3.63, 3.8) is 0 Å². The number of ether oxygens (including phenoxy) is 1. The summed E-state index contributed by atoms with van der Waals surface area (Å²) in [6, 6.07) is 12.8. The van der Waals surface area contributed by atoms with Crippen LogP contribution in [0.2, 0.25) is 0 Å². The molecule has 0 radical (unpaired) electrons. The summed E-state index contributed by atoms with van der Waals surface area (Å²) >= 11 is 0. The molecule has 138 valence electrons. The molecule has 1 N–H and O–H groups in total. The Hall–Kier alpha value is -1.96. The number of sulfonamides is 1. The number of benzene rings is 1. The Labute approximate surface area is 154 Å². The van der Waals surface area contributed by atoms with Gasteiger partial charge < -0.3 is 4.74 Å². The van der Waals surface area contributed by atoms with Crippen LogP contribution in [0.3, 0.4) is 0 Å². The van der Waals surface area contributed by atoms with Gasteiger partial charge in [-0.25, -0.2) is 13.1 Å². The number of likely N-dealkylation sites (tertiary alicyclic amines) is 1. The van der Waals surface area contributed by atoms with E-state index in [1.54, 1.807) is 24.3 Å². The molecule has 0 unspecified atom stereocenters. The van der Waals surface area contributed by atoms with E-state index < -0.39 is 10.0 Å². The van der Waals surface area contributed by atoms with Crippen LogP contribution in [-0.4, -0.2) is 44.5 Å². The number of nitrogens with zero attached hydrogens (tertiary/aromatic N) is 2. The molecular weight excluding hydrogens is 350 g/mol. The average Bonchev–Trinajstić information content (AvgIpc) is 2.67. The fraction of sp³-hybridized carbons (Fsp3) is 0.421. The summed E-state index contributed by atoms with van der Waals surface area (Å²) in [6.45, 7) is 3.59. The zero-order valence-electron chi connectivity index (χ0n) is 14.6. The van der Waals surface area contributed by atoms with Crippen LogP contribution in [-0.2, 0) is 16.6 Å². The van der Waals surface area contributed by atoms with Gasteiger partial charge in [0.05, 0.1) is 12.3 Å². The first-order chi connectivity index (χ1) is 12.6. The summed E-state index contributed by atoms with van der Waals surface area (Å²) in [5.74, 6) is 0.440. The predicted molar refractivity (Wildman–Crippen MR) is 98.3 cm³/mol. The van der Waals surface area contributed by atoms with Gasteiger partial charge in [-0.05, 0) is 50.2 Å². The first-order valence-corrected chi connectivity index (χ1v) is 10.4. The third-order valence-corrected chi connectivity index (χ3v) is 6.78. The molecule has 2 aliphatic rings. The van der Waals surface area contributed by atoms with Gasteiger partial charge in [0.2, 0.25) is 10.0 Å². The lowest BCUT2D eigenvalue weighted by Crippen LogP contribution is -2.50. The van der Waals surface area contributed by atoms with E-state index in [0.29, 0.717) is 18.9 Å². The molecule has 4 rings (SSSR count). The minimum absolute atomic E-state index is 0.165. The standard InChI is InChI=1S/C19H23N3O3S/c23-26(24)18-7-2-1-6-17(18)25-15-19(14-21-26)8-11-22(12-9-19)13-16-5-3-4-10-20-16/h1-7,10,21H,8-9,11-15H2. The van der Waals surface area contributed by atoms with E-state index in [4.69, 9.17) is 4.74 Å². The zero-order valence-corrected chi connectivity index (χ0v) is 15.4. The van der Waals surface area contributed by atoms with Gasteiger partial charge in [-0.1, -0.05) is 18.2 Å². The molecule has 0 bridgehead atoms. The third kappa shape index (κ3) is 3.60. The number of aromatic nitrogens is 1. The van der Waals surface area contributed by atoms with Crippen LogP contribution >= 0.6 is 0 Å². The number of piperidine rings is 1. The summed E-state index contributed by atoms with van der Waals surface area (Å²) in [5.41, 5.74) is 0.897. The molecule has 3 heterocycles. The van der Waals surface area contributed by atoms with Gasteiger partial charge in [0, 0.05) is 24.7 Å². The summed E-state index contributed by atoms with van der Waals surface area (Å²) in [7, 11) is -3.54. The number of hydrogen-bond donors (Lipinski definition) is 1. The second-order valence-electron chi connectivity index (χ2n) is 7.16. The van der Waals surface area contributed by atoms with Crippen molar-refractivity contribution in [3.05, 3.63) is 54.4 Å². The van der Waals surface area contributed by atoms with Crippen molar-refractivity contribution < 1.29 is 13.2 Å². The largest absolute Gasteiger partial charge is 0.492 e. The fourth-order valence-electron chi connectivity index (χ4n) is 3.63. The van der Waals surface area contributed by atoms with Crippen LogP contribution in [0.25, 0.3) is 0 Å². The maximum atomic E-state index is 12.6. The fourth-order valence-corrected chi connectivity index (χ4v) is 4.93. The Kier molecular flexibility index (Phi) is 4.69. The summed E-state index contributed by atoms with van der Waals surface area (Å²) in [6.07, 6.45) is 3.60. The molecule has 0 atom stereocenters.